The molecule has 1 fully saturated rings. The van der Waals surface area contributed by atoms with Crippen LogP contribution in [0.15, 0.2) is 0 Å². The summed E-state index contributed by atoms with van der Waals surface area (Å²) in [5.41, 5.74) is 0. The second kappa shape index (κ2) is 5.15. The highest BCUT2D eigenvalue weighted by Crippen LogP contribution is 2.04. The summed E-state index contributed by atoms with van der Waals surface area (Å²) in [4.78, 5) is 2.23. The van der Waals surface area contributed by atoms with Gasteiger partial charge in [-0.1, -0.05) is 0 Å². The van der Waals surface area contributed by atoms with Gasteiger partial charge in [0.05, 0.1) is 19.3 Å². The molecular weight excluding hydrogens is 154 g/mol. The van der Waals surface area contributed by atoms with Gasteiger partial charge in [0.2, 0.25) is 0 Å². The van der Waals surface area contributed by atoms with Crippen LogP contribution in [0.3, 0.4) is 0 Å². The van der Waals surface area contributed by atoms with Crippen molar-refractivity contribution >= 4 is 0 Å². The first-order valence-electron chi connectivity index (χ1n) is 4.25. The lowest BCUT2D eigenvalue weighted by molar-refractivity contribution is -0.0520. The Hall–Kier alpha value is -0.560. The van der Waals surface area contributed by atoms with Gasteiger partial charge in [0.1, 0.15) is 0 Å². The lowest BCUT2D eigenvalue weighted by Crippen LogP contribution is -2.44. The van der Waals surface area contributed by atoms with Crippen LogP contribution in [-0.2, 0) is 4.74 Å². The SMILES string of the molecule is C#CCCN1CCOC(CO)C1. The van der Waals surface area contributed by atoms with Crippen LogP contribution in [0.4, 0.5) is 0 Å². The quantitative estimate of drug-likeness (QED) is 0.589. The maximum Gasteiger partial charge on any atom is 0.0932 e. The summed E-state index contributed by atoms with van der Waals surface area (Å²) >= 11 is 0. The molecule has 1 aliphatic heterocycles. The van der Waals surface area contributed by atoms with Gasteiger partial charge >= 0.3 is 0 Å². The molecule has 0 amide bonds. The Balaban J connectivity index is 2.22. The van der Waals surface area contributed by atoms with Gasteiger partial charge < -0.3 is 9.84 Å². The Morgan fingerprint density at radius 2 is 2.50 bits per heavy atom. The smallest absolute Gasteiger partial charge is 0.0932 e. The standard InChI is InChI=1S/C9H15NO2/c1-2-3-4-10-5-6-12-9(7-10)8-11/h1,9,11H,3-8H2. The van der Waals surface area contributed by atoms with Crippen LogP contribution in [0.5, 0.6) is 0 Å². The molecule has 0 aromatic rings. The van der Waals surface area contributed by atoms with E-state index < -0.39 is 0 Å². The fraction of sp³-hybridized carbons (Fsp3) is 0.778. The third kappa shape index (κ3) is 2.82. The number of aliphatic hydroxyl groups is 1. The molecule has 1 aliphatic rings. The third-order valence-electron chi connectivity index (χ3n) is 2.00. The molecule has 0 spiro atoms. The number of nitrogens with zero attached hydrogens (tertiary/aromatic N) is 1. The predicted molar refractivity (Wildman–Crippen MR) is 46.7 cm³/mol. The Bertz CT molecular complexity index is 164. The minimum atomic E-state index is -0.0171. The van der Waals surface area contributed by atoms with Crippen LogP contribution in [0, 0.1) is 12.3 Å². The maximum absolute atomic E-state index is 8.84. The molecule has 0 aromatic carbocycles. The lowest BCUT2D eigenvalue weighted by atomic mass is 10.2. The van der Waals surface area contributed by atoms with Gasteiger partial charge in [0.25, 0.3) is 0 Å². The van der Waals surface area contributed by atoms with E-state index in [0.717, 1.165) is 26.1 Å². The van der Waals surface area contributed by atoms with Crippen LogP contribution >= 0.6 is 0 Å². The molecule has 0 bridgehead atoms. The van der Waals surface area contributed by atoms with Crippen molar-refractivity contribution in [3.63, 3.8) is 0 Å². The number of rotatable bonds is 3. The fourth-order valence-corrected chi connectivity index (χ4v) is 1.32. The number of hydrogen-bond acceptors (Lipinski definition) is 3. The monoisotopic (exact) mass is 169 g/mol. The zero-order chi connectivity index (χ0) is 8.81. The summed E-state index contributed by atoms with van der Waals surface area (Å²) in [6.45, 7) is 3.45. The highest BCUT2D eigenvalue weighted by atomic mass is 16.5. The number of morpholine rings is 1. The minimum absolute atomic E-state index is 0.0171. The second-order valence-electron chi connectivity index (χ2n) is 2.93. The van der Waals surface area contributed by atoms with E-state index in [-0.39, 0.29) is 12.7 Å². The van der Waals surface area contributed by atoms with Gasteiger partial charge in [-0.3, -0.25) is 4.90 Å². The molecule has 3 nitrogen and oxygen atoms in total. The van der Waals surface area contributed by atoms with Crippen molar-refractivity contribution in [2.75, 3.05) is 32.8 Å². The van der Waals surface area contributed by atoms with Crippen LogP contribution < -0.4 is 0 Å². The number of aliphatic hydroxyl groups excluding tert-OH is 1. The van der Waals surface area contributed by atoms with Crippen LogP contribution in [0.2, 0.25) is 0 Å². The van der Waals surface area contributed by atoms with Gasteiger partial charge in [0, 0.05) is 26.1 Å². The van der Waals surface area contributed by atoms with E-state index in [0.29, 0.717) is 6.61 Å². The molecule has 0 saturated carbocycles. The number of ether oxygens (including phenoxy) is 1. The van der Waals surface area contributed by atoms with E-state index in [1.54, 1.807) is 0 Å². The second-order valence-corrected chi connectivity index (χ2v) is 2.93. The summed E-state index contributed by atoms with van der Waals surface area (Å²) in [5, 5.41) is 8.84. The third-order valence-corrected chi connectivity index (χ3v) is 2.00. The molecule has 1 atom stereocenters. The molecular formula is C9H15NO2. The Kier molecular flexibility index (Phi) is 4.09. The molecule has 1 rings (SSSR count). The summed E-state index contributed by atoms with van der Waals surface area (Å²) < 4.78 is 5.29. The Morgan fingerprint density at radius 3 is 3.17 bits per heavy atom. The van der Waals surface area contributed by atoms with Gasteiger partial charge in [-0.25, -0.2) is 0 Å². The number of terminal acetylenes is 1. The summed E-state index contributed by atoms with van der Waals surface area (Å²) in [6, 6.07) is 0. The molecule has 1 N–H and O–H groups in total. The normalized spacial score (nSPS) is 25.2. The van der Waals surface area contributed by atoms with Crippen molar-refractivity contribution in [2.24, 2.45) is 0 Å². The molecule has 0 aliphatic carbocycles. The number of hydrogen-bond donors (Lipinski definition) is 1. The van der Waals surface area contributed by atoms with Crippen molar-refractivity contribution < 1.29 is 9.84 Å². The van der Waals surface area contributed by atoms with Crippen LogP contribution in [-0.4, -0.2) is 49.0 Å². The molecule has 1 saturated heterocycles. The van der Waals surface area contributed by atoms with Crippen molar-refractivity contribution in [2.45, 2.75) is 12.5 Å². The zero-order valence-corrected chi connectivity index (χ0v) is 7.20. The van der Waals surface area contributed by atoms with E-state index in [9.17, 15) is 0 Å². The highest BCUT2D eigenvalue weighted by Gasteiger charge is 2.18. The van der Waals surface area contributed by atoms with Gasteiger partial charge in [-0.15, -0.1) is 12.3 Å². The first kappa shape index (κ1) is 9.53. The summed E-state index contributed by atoms with van der Waals surface area (Å²) in [7, 11) is 0. The Labute approximate surface area is 73.3 Å². The first-order valence-corrected chi connectivity index (χ1v) is 4.25. The van der Waals surface area contributed by atoms with E-state index in [1.165, 1.54) is 0 Å². The van der Waals surface area contributed by atoms with E-state index in [4.69, 9.17) is 16.3 Å². The van der Waals surface area contributed by atoms with Crippen molar-refractivity contribution in [3.05, 3.63) is 0 Å². The predicted octanol–water partition coefficient (Wildman–Crippen LogP) is -0.297. The van der Waals surface area contributed by atoms with Crippen LogP contribution in [0.1, 0.15) is 6.42 Å². The topological polar surface area (TPSA) is 32.7 Å². The molecule has 68 valence electrons. The van der Waals surface area contributed by atoms with E-state index >= 15 is 0 Å². The van der Waals surface area contributed by atoms with Crippen LogP contribution in [0.25, 0.3) is 0 Å². The molecule has 1 unspecified atom stereocenters. The van der Waals surface area contributed by atoms with Crippen molar-refractivity contribution in [1.29, 1.82) is 0 Å². The van der Waals surface area contributed by atoms with Gasteiger partial charge in [-0.05, 0) is 0 Å². The highest BCUT2D eigenvalue weighted by molar-refractivity contribution is 4.85. The van der Waals surface area contributed by atoms with E-state index in [2.05, 4.69) is 10.8 Å². The Morgan fingerprint density at radius 1 is 1.67 bits per heavy atom. The first-order chi connectivity index (χ1) is 5.86. The van der Waals surface area contributed by atoms with Gasteiger partial charge in [0.15, 0.2) is 0 Å². The maximum atomic E-state index is 8.84. The largest absolute Gasteiger partial charge is 0.394 e. The summed E-state index contributed by atoms with van der Waals surface area (Å²) in [5.74, 6) is 2.60. The molecule has 1 heterocycles. The van der Waals surface area contributed by atoms with Crippen molar-refractivity contribution in [3.8, 4) is 12.3 Å². The average molecular weight is 169 g/mol. The molecule has 12 heavy (non-hydrogen) atoms. The molecule has 3 heteroatoms. The van der Waals surface area contributed by atoms with Gasteiger partial charge in [-0.2, -0.15) is 0 Å². The zero-order valence-electron chi connectivity index (χ0n) is 7.20. The minimum Gasteiger partial charge on any atom is -0.394 e. The fourth-order valence-electron chi connectivity index (χ4n) is 1.32. The average Bonchev–Trinajstić information content (AvgIpc) is 2.15. The molecule has 0 radical (unpaired) electrons. The molecule has 0 aromatic heterocycles. The summed E-state index contributed by atoms with van der Waals surface area (Å²) in [6.07, 6.45) is 5.91. The lowest BCUT2D eigenvalue weighted by Gasteiger charge is -2.31. The van der Waals surface area contributed by atoms with Crippen molar-refractivity contribution in [1.82, 2.24) is 4.90 Å². The van der Waals surface area contributed by atoms with E-state index in [1.807, 2.05) is 0 Å².